The van der Waals surface area contributed by atoms with Crippen molar-refractivity contribution in [1.29, 1.82) is 0 Å². The predicted molar refractivity (Wildman–Crippen MR) is 97.4 cm³/mol. The zero-order valence-corrected chi connectivity index (χ0v) is 14.5. The van der Waals surface area contributed by atoms with Crippen LogP contribution in [0.15, 0.2) is 59.7 Å². The first kappa shape index (κ1) is 19.3. The highest BCUT2D eigenvalue weighted by molar-refractivity contribution is 5.94. The molecule has 28 heavy (non-hydrogen) atoms. The maximum Gasteiger partial charge on any atom is 0.284 e. The fourth-order valence-electron chi connectivity index (χ4n) is 2.52. The van der Waals surface area contributed by atoms with E-state index in [1.54, 1.807) is 12.1 Å². The van der Waals surface area contributed by atoms with Crippen LogP contribution in [0.25, 0.3) is 16.9 Å². The molecule has 0 bridgehead atoms. The number of nitrogens with one attached hydrogen (secondary N) is 1. The Bertz CT molecular complexity index is 1020. The Morgan fingerprint density at radius 1 is 1.21 bits per heavy atom. The van der Waals surface area contributed by atoms with Gasteiger partial charge in [0.15, 0.2) is 0 Å². The highest BCUT2D eigenvalue weighted by Crippen LogP contribution is 2.23. The molecule has 0 spiro atoms. The number of alkyl halides is 2. The number of amides is 1. The number of carbonyl (C=O) groups is 1. The fraction of sp³-hybridized carbons (Fsp3) is 0.158. The minimum absolute atomic E-state index is 0.0219. The van der Waals surface area contributed by atoms with Crippen LogP contribution in [-0.2, 0) is 0 Å². The number of rotatable bonds is 6. The molecule has 2 heterocycles. The van der Waals surface area contributed by atoms with Crippen LogP contribution in [0.1, 0.15) is 22.3 Å². The summed E-state index contributed by atoms with van der Waals surface area (Å²) in [6, 6.07) is 9.90. The SMILES string of the molecule is O=C(NCCO)c1cc(-c2ccc(C(F)F)cc2)nn(-c2cccnc2)c1=O. The number of aliphatic hydroxyl groups excluding tert-OH is 1. The molecule has 2 N–H and O–H groups in total. The van der Waals surface area contributed by atoms with Crippen LogP contribution in [0.2, 0.25) is 0 Å². The zero-order valence-electron chi connectivity index (χ0n) is 14.5. The van der Waals surface area contributed by atoms with Crippen molar-refractivity contribution in [2.75, 3.05) is 13.2 Å². The normalized spacial score (nSPS) is 10.9. The van der Waals surface area contributed by atoms with Crippen molar-refractivity contribution in [3.05, 3.63) is 76.3 Å². The van der Waals surface area contributed by atoms with Gasteiger partial charge in [0.2, 0.25) is 0 Å². The summed E-state index contributed by atoms with van der Waals surface area (Å²) in [5.41, 5.74) is 0.0355. The highest BCUT2D eigenvalue weighted by Gasteiger charge is 2.17. The average molecular weight is 386 g/mol. The van der Waals surface area contributed by atoms with Gasteiger partial charge in [0.25, 0.3) is 17.9 Å². The number of pyridine rings is 1. The number of carbonyl (C=O) groups excluding carboxylic acids is 1. The van der Waals surface area contributed by atoms with E-state index in [9.17, 15) is 18.4 Å². The van der Waals surface area contributed by atoms with Gasteiger partial charge in [0.05, 0.1) is 24.2 Å². The third kappa shape index (κ3) is 4.09. The second-order valence-electron chi connectivity index (χ2n) is 5.77. The van der Waals surface area contributed by atoms with Crippen molar-refractivity contribution >= 4 is 5.91 Å². The minimum Gasteiger partial charge on any atom is -0.395 e. The molecule has 9 heteroatoms. The number of hydrogen-bond acceptors (Lipinski definition) is 5. The van der Waals surface area contributed by atoms with Crippen LogP contribution in [-0.4, -0.2) is 38.9 Å². The van der Waals surface area contributed by atoms with Gasteiger partial charge in [-0.05, 0) is 18.2 Å². The molecule has 0 aliphatic heterocycles. The van der Waals surface area contributed by atoms with Gasteiger partial charge in [-0.25, -0.2) is 8.78 Å². The Hall–Kier alpha value is -3.46. The van der Waals surface area contributed by atoms with E-state index >= 15 is 0 Å². The summed E-state index contributed by atoms with van der Waals surface area (Å²) in [6.45, 7) is -0.304. The van der Waals surface area contributed by atoms with E-state index in [0.717, 1.165) is 4.68 Å². The molecule has 3 rings (SSSR count). The number of aliphatic hydroxyl groups is 1. The maximum atomic E-state index is 12.8. The predicted octanol–water partition coefficient (Wildman–Crippen LogP) is 1.95. The summed E-state index contributed by atoms with van der Waals surface area (Å²) in [5, 5.41) is 15.6. The molecular formula is C19H16F2N4O3. The van der Waals surface area contributed by atoms with Crippen molar-refractivity contribution in [3.63, 3.8) is 0 Å². The Balaban J connectivity index is 2.14. The topological polar surface area (TPSA) is 97.1 Å². The van der Waals surface area contributed by atoms with E-state index in [-0.39, 0.29) is 30.0 Å². The van der Waals surface area contributed by atoms with Crippen molar-refractivity contribution < 1.29 is 18.7 Å². The lowest BCUT2D eigenvalue weighted by Gasteiger charge is -2.11. The maximum absolute atomic E-state index is 12.8. The van der Waals surface area contributed by atoms with Gasteiger partial charge in [0, 0.05) is 23.9 Å². The van der Waals surface area contributed by atoms with Crippen molar-refractivity contribution in [3.8, 4) is 16.9 Å². The summed E-state index contributed by atoms with van der Waals surface area (Å²) in [5.74, 6) is -0.676. The second-order valence-corrected chi connectivity index (χ2v) is 5.77. The molecule has 144 valence electrons. The molecule has 0 unspecified atom stereocenters. The van der Waals surface area contributed by atoms with Crippen molar-refractivity contribution in [2.24, 2.45) is 0 Å². The molecular weight excluding hydrogens is 370 g/mol. The summed E-state index contributed by atoms with van der Waals surface area (Å²) in [4.78, 5) is 29.1. The molecule has 1 aromatic carbocycles. The Morgan fingerprint density at radius 3 is 2.57 bits per heavy atom. The van der Waals surface area contributed by atoms with Crippen molar-refractivity contribution in [2.45, 2.75) is 6.43 Å². The molecule has 0 saturated carbocycles. The Labute approximate surface area is 158 Å². The second kappa shape index (κ2) is 8.49. The van der Waals surface area contributed by atoms with Gasteiger partial charge in [0.1, 0.15) is 5.56 Å². The van der Waals surface area contributed by atoms with Crippen LogP contribution in [0.5, 0.6) is 0 Å². The number of halogens is 2. The number of nitrogens with zero attached hydrogens (tertiary/aromatic N) is 3. The molecule has 0 aliphatic carbocycles. The van der Waals surface area contributed by atoms with E-state index in [1.165, 1.54) is 42.7 Å². The molecule has 1 amide bonds. The van der Waals surface area contributed by atoms with Crippen LogP contribution < -0.4 is 10.9 Å². The van der Waals surface area contributed by atoms with E-state index in [1.807, 2.05) is 0 Å². The molecule has 0 atom stereocenters. The lowest BCUT2D eigenvalue weighted by atomic mass is 10.1. The van der Waals surface area contributed by atoms with Crippen LogP contribution in [0.3, 0.4) is 0 Å². The third-order valence-corrected chi connectivity index (χ3v) is 3.90. The van der Waals surface area contributed by atoms with Gasteiger partial charge in [-0.3, -0.25) is 14.6 Å². The van der Waals surface area contributed by atoms with Gasteiger partial charge in [-0.2, -0.15) is 9.78 Å². The Kier molecular flexibility index (Phi) is 5.85. The average Bonchev–Trinajstić information content (AvgIpc) is 2.73. The largest absolute Gasteiger partial charge is 0.395 e. The van der Waals surface area contributed by atoms with E-state index in [2.05, 4.69) is 15.4 Å². The molecule has 0 aliphatic rings. The zero-order chi connectivity index (χ0) is 20.1. The molecule has 0 saturated heterocycles. The third-order valence-electron chi connectivity index (χ3n) is 3.90. The molecule has 0 radical (unpaired) electrons. The molecule has 0 fully saturated rings. The van der Waals surface area contributed by atoms with Crippen LogP contribution in [0.4, 0.5) is 8.78 Å². The standard InChI is InChI=1S/C19H16F2N4O3/c20-17(21)13-5-3-12(4-6-13)16-10-15(18(27)23-8-9-26)19(28)25(24-16)14-2-1-7-22-11-14/h1-7,10-11,17,26H,8-9H2,(H,23,27). The van der Waals surface area contributed by atoms with Gasteiger partial charge < -0.3 is 10.4 Å². The fourth-order valence-corrected chi connectivity index (χ4v) is 2.52. The number of benzene rings is 1. The van der Waals surface area contributed by atoms with Crippen LogP contribution >= 0.6 is 0 Å². The van der Waals surface area contributed by atoms with Gasteiger partial charge in [-0.1, -0.05) is 24.3 Å². The Morgan fingerprint density at radius 2 is 1.96 bits per heavy atom. The van der Waals surface area contributed by atoms with E-state index in [4.69, 9.17) is 5.11 Å². The first-order chi connectivity index (χ1) is 13.5. The van der Waals surface area contributed by atoms with E-state index in [0.29, 0.717) is 11.3 Å². The highest BCUT2D eigenvalue weighted by atomic mass is 19.3. The first-order valence-corrected chi connectivity index (χ1v) is 8.33. The molecule has 3 aromatic rings. The lowest BCUT2D eigenvalue weighted by molar-refractivity contribution is 0.0942. The summed E-state index contributed by atoms with van der Waals surface area (Å²) >= 11 is 0. The van der Waals surface area contributed by atoms with E-state index < -0.39 is 17.9 Å². The van der Waals surface area contributed by atoms with Gasteiger partial charge >= 0.3 is 0 Å². The quantitative estimate of drug-likeness (QED) is 0.675. The smallest absolute Gasteiger partial charge is 0.284 e. The minimum atomic E-state index is -2.61. The molecule has 7 nitrogen and oxygen atoms in total. The van der Waals surface area contributed by atoms with Crippen LogP contribution in [0, 0.1) is 0 Å². The summed E-state index contributed by atoms with van der Waals surface area (Å²) < 4.78 is 26.6. The monoisotopic (exact) mass is 386 g/mol. The number of hydrogen-bond donors (Lipinski definition) is 2. The molecule has 2 aromatic heterocycles. The van der Waals surface area contributed by atoms with Gasteiger partial charge in [-0.15, -0.1) is 0 Å². The first-order valence-electron chi connectivity index (χ1n) is 8.33. The lowest BCUT2D eigenvalue weighted by Crippen LogP contribution is -2.35. The number of aromatic nitrogens is 3. The summed E-state index contributed by atoms with van der Waals surface area (Å²) in [7, 11) is 0. The van der Waals surface area contributed by atoms with Crippen molar-refractivity contribution in [1.82, 2.24) is 20.1 Å². The summed E-state index contributed by atoms with van der Waals surface area (Å²) in [6.07, 6.45) is 0.329.